The van der Waals surface area contributed by atoms with Gasteiger partial charge < -0.3 is 9.47 Å². The van der Waals surface area contributed by atoms with E-state index in [0.717, 1.165) is 0 Å². The SMILES string of the molecule is O=C(COc1ccccc1)OCC12COP(=O)(OC1)OC2. The van der Waals surface area contributed by atoms with Crippen molar-refractivity contribution in [2.45, 2.75) is 0 Å². The van der Waals surface area contributed by atoms with Gasteiger partial charge >= 0.3 is 13.8 Å². The summed E-state index contributed by atoms with van der Waals surface area (Å²) in [7, 11) is -3.34. The first kappa shape index (κ1) is 14.5. The molecule has 0 amide bonds. The highest BCUT2D eigenvalue weighted by Gasteiger charge is 2.51. The van der Waals surface area contributed by atoms with Crippen molar-refractivity contribution in [3.8, 4) is 5.75 Å². The van der Waals surface area contributed by atoms with Gasteiger partial charge in [0.25, 0.3) is 0 Å². The lowest BCUT2D eigenvalue weighted by atomic mass is 9.92. The topological polar surface area (TPSA) is 80.3 Å². The van der Waals surface area contributed by atoms with Gasteiger partial charge in [0, 0.05) is 0 Å². The third-order valence-corrected chi connectivity index (χ3v) is 4.56. The van der Waals surface area contributed by atoms with Crippen LogP contribution in [-0.2, 0) is 27.7 Å². The average molecular weight is 314 g/mol. The Morgan fingerprint density at radius 3 is 2.38 bits per heavy atom. The van der Waals surface area contributed by atoms with E-state index in [-0.39, 0.29) is 33.0 Å². The van der Waals surface area contributed by atoms with Gasteiger partial charge in [-0.25, -0.2) is 9.36 Å². The lowest BCUT2D eigenvalue weighted by Crippen LogP contribution is -2.48. The monoisotopic (exact) mass is 314 g/mol. The summed E-state index contributed by atoms with van der Waals surface area (Å²) >= 11 is 0. The molecule has 0 saturated carbocycles. The molecule has 0 unspecified atom stereocenters. The van der Waals surface area contributed by atoms with Gasteiger partial charge in [-0.1, -0.05) is 18.2 Å². The van der Waals surface area contributed by atoms with Crippen LogP contribution in [0.1, 0.15) is 0 Å². The fourth-order valence-electron chi connectivity index (χ4n) is 1.94. The molecule has 0 N–H and O–H groups in total. The summed E-state index contributed by atoms with van der Waals surface area (Å²) in [6, 6.07) is 8.99. The molecule has 0 aliphatic carbocycles. The van der Waals surface area contributed by atoms with E-state index < -0.39 is 19.2 Å². The number of para-hydroxylation sites is 1. The van der Waals surface area contributed by atoms with Crippen LogP contribution in [0.4, 0.5) is 0 Å². The molecule has 8 heteroatoms. The van der Waals surface area contributed by atoms with Crippen LogP contribution in [0.25, 0.3) is 0 Å². The first-order chi connectivity index (χ1) is 10.1. The van der Waals surface area contributed by atoms with E-state index in [0.29, 0.717) is 5.75 Å². The maximum Gasteiger partial charge on any atom is 0.474 e. The van der Waals surface area contributed by atoms with Gasteiger partial charge in [-0.3, -0.25) is 13.6 Å². The second kappa shape index (κ2) is 5.77. The van der Waals surface area contributed by atoms with Crippen molar-refractivity contribution in [1.82, 2.24) is 0 Å². The van der Waals surface area contributed by atoms with E-state index >= 15 is 0 Å². The second-order valence-corrected chi connectivity index (χ2v) is 6.70. The van der Waals surface area contributed by atoms with Gasteiger partial charge in [0.1, 0.15) is 12.4 Å². The molecule has 3 heterocycles. The van der Waals surface area contributed by atoms with Crippen LogP contribution in [0, 0.1) is 5.41 Å². The quantitative estimate of drug-likeness (QED) is 0.605. The molecule has 1 aromatic carbocycles. The van der Waals surface area contributed by atoms with E-state index in [1.165, 1.54) is 0 Å². The fourth-order valence-corrected chi connectivity index (χ4v) is 3.46. The van der Waals surface area contributed by atoms with Crippen LogP contribution in [0.3, 0.4) is 0 Å². The Morgan fingerprint density at radius 2 is 1.76 bits per heavy atom. The molecule has 4 rings (SSSR count). The van der Waals surface area contributed by atoms with Crippen molar-refractivity contribution in [3.05, 3.63) is 30.3 Å². The summed E-state index contributed by atoms with van der Waals surface area (Å²) in [4.78, 5) is 11.7. The molecule has 2 bridgehead atoms. The zero-order valence-electron chi connectivity index (χ0n) is 11.2. The minimum absolute atomic E-state index is 0.0734. The smallest absolute Gasteiger partial charge is 0.474 e. The molecule has 3 fully saturated rings. The van der Waals surface area contributed by atoms with Crippen molar-refractivity contribution in [3.63, 3.8) is 0 Å². The Morgan fingerprint density at radius 1 is 1.14 bits per heavy atom. The first-order valence-electron chi connectivity index (χ1n) is 6.46. The van der Waals surface area contributed by atoms with Crippen LogP contribution in [0.2, 0.25) is 0 Å². The summed E-state index contributed by atoms with van der Waals surface area (Å²) < 4.78 is 37.1. The average Bonchev–Trinajstić information content (AvgIpc) is 2.53. The number of rotatable bonds is 5. The summed E-state index contributed by atoms with van der Waals surface area (Å²) in [5, 5.41) is 0. The molecule has 7 nitrogen and oxygen atoms in total. The Kier molecular flexibility index (Phi) is 3.99. The summed E-state index contributed by atoms with van der Waals surface area (Å²) in [5.74, 6) is 0.103. The highest BCUT2D eigenvalue weighted by molar-refractivity contribution is 7.48. The largest absolute Gasteiger partial charge is 0.482 e. The lowest BCUT2D eigenvalue weighted by Gasteiger charge is -2.43. The van der Waals surface area contributed by atoms with Gasteiger partial charge in [0.05, 0.1) is 25.2 Å². The number of hydrogen-bond acceptors (Lipinski definition) is 7. The molecule has 3 aliphatic heterocycles. The minimum Gasteiger partial charge on any atom is -0.482 e. The van der Waals surface area contributed by atoms with Crippen molar-refractivity contribution >= 4 is 13.8 Å². The maximum atomic E-state index is 11.7. The van der Waals surface area contributed by atoms with Gasteiger partial charge in [-0.2, -0.15) is 0 Å². The van der Waals surface area contributed by atoms with E-state index in [2.05, 4.69) is 0 Å². The summed E-state index contributed by atoms with van der Waals surface area (Å²) in [5.41, 5.74) is -0.589. The van der Waals surface area contributed by atoms with E-state index in [4.69, 9.17) is 23.0 Å². The van der Waals surface area contributed by atoms with Gasteiger partial charge in [-0.15, -0.1) is 0 Å². The molecular weight excluding hydrogens is 299 g/mol. The predicted octanol–water partition coefficient (Wildman–Crippen LogP) is 1.78. The number of phosphoric ester groups is 1. The number of carbonyl (C=O) groups excluding carboxylic acids is 1. The van der Waals surface area contributed by atoms with Crippen LogP contribution < -0.4 is 4.74 Å². The van der Waals surface area contributed by atoms with Crippen molar-refractivity contribution < 1.29 is 32.4 Å². The number of carbonyl (C=O) groups is 1. The third-order valence-electron chi connectivity index (χ3n) is 3.23. The minimum atomic E-state index is -3.34. The highest BCUT2D eigenvalue weighted by atomic mass is 31.2. The molecule has 0 atom stereocenters. The van der Waals surface area contributed by atoms with Crippen LogP contribution in [0.5, 0.6) is 5.75 Å². The Hall–Kier alpha value is -1.40. The molecule has 21 heavy (non-hydrogen) atoms. The van der Waals surface area contributed by atoms with Crippen molar-refractivity contribution in [2.24, 2.45) is 5.41 Å². The number of ether oxygens (including phenoxy) is 2. The lowest BCUT2D eigenvalue weighted by molar-refractivity contribution is -0.161. The third kappa shape index (κ3) is 3.44. The van der Waals surface area contributed by atoms with E-state index in [1.807, 2.05) is 18.2 Å². The number of benzene rings is 1. The molecule has 0 aromatic heterocycles. The van der Waals surface area contributed by atoms with Gasteiger partial charge in [-0.05, 0) is 12.1 Å². The standard InChI is InChI=1S/C13H15O7P/c14-12(6-16-11-4-2-1-3-5-11)17-7-13-8-18-21(15,19-9-13)20-10-13/h1-5H,6-10H2. The van der Waals surface area contributed by atoms with E-state index in [9.17, 15) is 9.36 Å². The molecule has 3 aliphatic rings. The number of fused-ring (bicyclic) bond motifs is 3. The molecule has 3 saturated heterocycles. The molecule has 1 aromatic rings. The van der Waals surface area contributed by atoms with Gasteiger partial charge in [0.15, 0.2) is 6.61 Å². The first-order valence-corrected chi connectivity index (χ1v) is 7.93. The van der Waals surface area contributed by atoms with Crippen molar-refractivity contribution in [1.29, 1.82) is 0 Å². The Labute approximate surface area is 121 Å². The zero-order chi connectivity index (χ0) is 14.8. The number of phosphoric acid groups is 1. The summed E-state index contributed by atoms with van der Waals surface area (Å²) in [6.07, 6.45) is 0. The normalized spacial score (nSPS) is 30.9. The highest BCUT2D eigenvalue weighted by Crippen LogP contribution is 2.59. The van der Waals surface area contributed by atoms with Crippen LogP contribution >= 0.6 is 7.82 Å². The molecule has 0 spiro atoms. The van der Waals surface area contributed by atoms with E-state index in [1.54, 1.807) is 12.1 Å². The van der Waals surface area contributed by atoms with Gasteiger partial charge in [0.2, 0.25) is 0 Å². The predicted molar refractivity (Wildman–Crippen MR) is 70.8 cm³/mol. The molecular formula is C13H15O7P. The maximum absolute atomic E-state index is 11.7. The zero-order valence-corrected chi connectivity index (χ0v) is 12.1. The fraction of sp³-hybridized carbons (Fsp3) is 0.462. The molecule has 114 valence electrons. The Bertz CT molecular complexity index is 528. The Balaban J connectivity index is 1.45. The number of esters is 1. The number of hydrogen-bond donors (Lipinski definition) is 0. The second-order valence-electron chi connectivity index (χ2n) is 5.03. The van der Waals surface area contributed by atoms with Crippen molar-refractivity contribution in [2.75, 3.05) is 33.0 Å². The molecule has 0 radical (unpaired) electrons. The van der Waals surface area contributed by atoms with Crippen LogP contribution in [-0.4, -0.2) is 39.0 Å². The summed E-state index contributed by atoms with van der Waals surface area (Å²) in [6.45, 7) is 0.469. The van der Waals surface area contributed by atoms with Crippen LogP contribution in [0.15, 0.2) is 30.3 Å².